The molecule has 0 radical (unpaired) electrons. The Morgan fingerprint density at radius 2 is 1.16 bits per heavy atom. The van der Waals surface area contributed by atoms with Crippen LogP contribution in [0.2, 0.25) is 0 Å². The number of aromatic nitrogens is 4. The summed E-state index contributed by atoms with van der Waals surface area (Å²) < 4.78 is 6.93. The van der Waals surface area contributed by atoms with E-state index in [4.69, 9.17) is 11.6 Å². The molecule has 45 heavy (non-hydrogen) atoms. The lowest BCUT2D eigenvalue weighted by molar-refractivity contribution is 1.11. The average Bonchev–Trinajstić information content (AvgIpc) is 3.75. The Balaban J connectivity index is 1.40. The smallest absolute Gasteiger partial charge is 0.220 e. The second-order valence-electron chi connectivity index (χ2n) is 11.5. The predicted octanol–water partition coefficient (Wildman–Crippen LogP) is 10.4. The Morgan fingerprint density at radius 1 is 0.467 bits per heavy atom. The molecule has 5 nitrogen and oxygen atoms in total. The van der Waals surface area contributed by atoms with E-state index in [-0.39, 0.29) is 0 Å². The van der Waals surface area contributed by atoms with Crippen LogP contribution in [0, 0.1) is 6.57 Å². The maximum atomic E-state index is 7.68. The summed E-state index contributed by atoms with van der Waals surface area (Å²) >= 11 is 0. The Bertz CT molecular complexity index is 2880. The second-order valence-corrected chi connectivity index (χ2v) is 11.5. The van der Waals surface area contributed by atoms with Gasteiger partial charge in [-0.2, -0.15) is 0 Å². The first-order valence-electron chi connectivity index (χ1n) is 15.0. The number of hydrogen-bond donors (Lipinski definition) is 0. The highest BCUT2D eigenvalue weighted by Gasteiger charge is 2.23. The monoisotopic (exact) mass is 573 g/mol. The van der Waals surface area contributed by atoms with Crippen molar-refractivity contribution in [3.8, 4) is 11.4 Å². The molecule has 10 aromatic rings. The lowest BCUT2D eigenvalue weighted by atomic mass is 9.99. The van der Waals surface area contributed by atoms with Crippen LogP contribution >= 0.6 is 0 Å². The molecule has 208 valence electrons. The van der Waals surface area contributed by atoms with E-state index < -0.39 is 0 Å². The minimum atomic E-state index is 0.628. The van der Waals surface area contributed by atoms with Crippen molar-refractivity contribution >= 4 is 76.9 Å². The zero-order chi connectivity index (χ0) is 29.6. The maximum absolute atomic E-state index is 7.68. The van der Waals surface area contributed by atoms with Crippen molar-refractivity contribution in [3.63, 3.8) is 0 Å². The molecule has 10 rings (SSSR count). The van der Waals surface area contributed by atoms with Crippen molar-refractivity contribution in [2.24, 2.45) is 0 Å². The minimum Gasteiger partial charge on any atom is -0.311 e. The number of benzene rings is 7. The number of imidazole rings is 2. The van der Waals surface area contributed by atoms with Gasteiger partial charge in [0.25, 0.3) is 0 Å². The van der Waals surface area contributed by atoms with Crippen LogP contribution in [0.25, 0.3) is 87.4 Å². The molecule has 3 aromatic heterocycles. The summed E-state index contributed by atoms with van der Waals surface area (Å²) in [5, 5.41) is 7.08. The molecule has 0 aliphatic heterocycles. The van der Waals surface area contributed by atoms with Crippen LogP contribution in [0.5, 0.6) is 0 Å². The van der Waals surface area contributed by atoms with Gasteiger partial charge in [0, 0.05) is 38.4 Å². The summed E-state index contributed by atoms with van der Waals surface area (Å²) in [7, 11) is 0. The number of rotatable bonds is 2. The van der Waals surface area contributed by atoms with Crippen LogP contribution in [-0.2, 0) is 0 Å². The first-order valence-corrected chi connectivity index (χ1v) is 15.0. The highest BCUT2D eigenvalue weighted by molar-refractivity contribution is 6.25. The largest absolute Gasteiger partial charge is 0.311 e. The minimum absolute atomic E-state index is 0.628. The molecule has 3 heterocycles. The third kappa shape index (κ3) is 3.17. The van der Waals surface area contributed by atoms with Gasteiger partial charge in [0.2, 0.25) is 5.78 Å². The summed E-state index contributed by atoms with van der Waals surface area (Å²) in [5.74, 6) is 0.883. The molecule has 0 aliphatic rings. The van der Waals surface area contributed by atoms with E-state index in [9.17, 15) is 0 Å². The van der Waals surface area contributed by atoms with Gasteiger partial charge in [-0.15, -0.1) is 0 Å². The molecule has 0 saturated carbocycles. The Kier molecular flexibility index (Phi) is 4.73. The summed E-state index contributed by atoms with van der Waals surface area (Å²) in [4.78, 5) is 9.00. The lowest BCUT2D eigenvalue weighted by Crippen LogP contribution is -1.97. The van der Waals surface area contributed by atoms with Crippen LogP contribution in [-0.4, -0.2) is 18.5 Å². The molecule has 7 aromatic carbocycles. The molecule has 0 amide bonds. The van der Waals surface area contributed by atoms with E-state index in [0.29, 0.717) is 5.69 Å². The van der Waals surface area contributed by atoms with Crippen molar-refractivity contribution in [2.45, 2.75) is 0 Å². The summed E-state index contributed by atoms with van der Waals surface area (Å²) in [6, 6.07) is 48.9. The molecule has 0 N–H and O–H groups in total. The molecule has 0 saturated heterocycles. The van der Waals surface area contributed by atoms with E-state index in [2.05, 4.69) is 140 Å². The van der Waals surface area contributed by atoms with Crippen molar-refractivity contribution in [1.29, 1.82) is 0 Å². The number of nitrogens with zero attached hydrogens (tertiary/aromatic N) is 5. The average molecular weight is 574 g/mol. The molecular formula is C40H23N5. The fourth-order valence-corrected chi connectivity index (χ4v) is 7.35. The predicted molar refractivity (Wildman–Crippen MR) is 185 cm³/mol. The molecule has 0 bridgehead atoms. The number of fused-ring (bicyclic) bond motifs is 13. The zero-order valence-corrected chi connectivity index (χ0v) is 24.0. The molecular weight excluding hydrogens is 550 g/mol. The zero-order valence-electron chi connectivity index (χ0n) is 24.0. The van der Waals surface area contributed by atoms with Crippen LogP contribution < -0.4 is 0 Å². The van der Waals surface area contributed by atoms with Gasteiger partial charge in [-0.3, -0.25) is 8.97 Å². The quantitative estimate of drug-likeness (QED) is 0.150. The van der Waals surface area contributed by atoms with E-state index in [1.165, 1.54) is 21.5 Å². The van der Waals surface area contributed by atoms with Gasteiger partial charge < -0.3 is 4.57 Å². The highest BCUT2D eigenvalue weighted by atomic mass is 15.2. The SMILES string of the molecule is [C-]#[N+]c1ccc2c3cc(-n4c5c6ccccc6c6ccccc6c5n5c6ccccc6nc45)ccc3n(-c3ccccc3)c2c1. The van der Waals surface area contributed by atoms with E-state index in [1.54, 1.807) is 0 Å². The maximum Gasteiger partial charge on any atom is 0.220 e. The summed E-state index contributed by atoms with van der Waals surface area (Å²) in [6.07, 6.45) is 0. The van der Waals surface area contributed by atoms with Crippen molar-refractivity contribution in [2.75, 3.05) is 0 Å². The summed E-state index contributed by atoms with van der Waals surface area (Å²) in [5.41, 5.74) is 9.20. The van der Waals surface area contributed by atoms with Crippen molar-refractivity contribution < 1.29 is 0 Å². The van der Waals surface area contributed by atoms with Gasteiger partial charge in [-0.25, -0.2) is 9.83 Å². The molecule has 0 atom stereocenters. The van der Waals surface area contributed by atoms with Crippen LogP contribution in [0.3, 0.4) is 0 Å². The lowest BCUT2D eigenvalue weighted by Gasteiger charge is -2.12. The van der Waals surface area contributed by atoms with E-state index >= 15 is 0 Å². The fraction of sp³-hybridized carbons (Fsp3) is 0. The first-order chi connectivity index (χ1) is 22.3. The number of para-hydroxylation sites is 3. The molecule has 5 heteroatoms. The van der Waals surface area contributed by atoms with Crippen molar-refractivity contribution in [1.82, 2.24) is 18.5 Å². The standard InChI is InChI=1S/C40H23N5/c1-41-25-19-21-30-33-24-27(20-22-35(33)43(37(30)23-25)26-11-3-2-4-12-26)44-38-31-15-7-5-13-28(31)29-14-6-8-16-32(29)39(38)45-36-18-10-9-17-34(36)42-40(44)45/h2-24H. The van der Waals surface area contributed by atoms with Gasteiger partial charge >= 0.3 is 0 Å². The third-order valence-corrected chi connectivity index (χ3v) is 9.20. The van der Waals surface area contributed by atoms with Gasteiger partial charge in [-0.1, -0.05) is 91.0 Å². The van der Waals surface area contributed by atoms with Crippen molar-refractivity contribution in [3.05, 3.63) is 151 Å². The van der Waals surface area contributed by atoms with Gasteiger partial charge in [0.1, 0.15) is 0 Å². The highest BCUT2D eigenvalue weighted by Crippen LogP contribution is 2.41. The normalized spacial score (nSPS) is 12.0. The second kappa shape index (κ2) is 8.82. The third-order valence-electron chi connectivity index (χ3n) is 9.20. The summed E-state index contributed by atoms with van der Waals surface area (Å²) in [6.45, 7) is 7.68. The number of hydrogen-bond acceptors (Lipinski definition) is 1. The van der Waals surface area contributed by atoms with E-state index in [1.807, 2.05) is 18.2 Å². The van der Waals surface area contributed by atoms with Gasteiger partial charge in [0.15, 0.2) is 5.69 Å². The van der Waals surface area contributed by atoms with Gasteiger partial charge in [0.05, 0.1) is 34.2 Å². The topological polar surface area (TPSA) is 31.5 Å². The van der Waals surface area contributed by atoms with Crippen LogP contribution in [0.1, 0.15) is 0 Å². The Labute approximate surface area is 257 Å². The van der Waals surface area contributed by atoms with Crippen LogP contribution in [0.15, 0.2) is 140 Å². The Morgan fingerprint density at radius 3 is 1.93 bits per heavy atom. The molecule has 0 aliphatic carbocycles. The molecule has 0 spiro atoms. The van der Waals surface area contributed by atoms with Gasteiger partial charge in [-0.05, 0) is 59.3 Å². The Hall–Kier alpha value is -6.38. The molecule has 0 unspecified atom stereocenters. The van der Waals surface area contributed by atoms with E-state index in [0.717, 1.165) is 61.0 Å². The first kappa shape index (κ1) is 24.1. The fourth-order valence-electron chi connectivity index (χ4n) is 7.35. The van der Waals surface area contributed by atoms with Crippen LogP contribution in [0.4, 0.5) is 5.69 Å². The molecule has 0 fully saturated rings.